The van der Waals surface area contributed by atoms with Gasteiger partial charge in [-0.15, -0.1) is 0 Å². The van der Waals surface area contributed by atoms with Gasteiger partial charge in [0.1, 0.15) is 11.2 Å². The van der Waals surface area contributed by atoms with Gasteiger partial charge in [-0.2, -0.15) is 0 Å². The maximum atomic E-state index is 13.0. The monoisotopic (exact) mass is 407 g/mol. The predicted octanol–water partition coefficient (Wildman–Crippen LogP) is 2.51. The van der Waals surface area contributed by atoms with Crippen molar-refractivity contribution in [3.05, 3.63) is 24.8 Å². The summed E-state index contributed by atoms with van der Waals surface area (Å²) in [4.78, 5) is 11.9. The maximum Gasteiger partial charge on any atom is 0.248 e. The van der Waals surface area contributed by atoms with E-state index in [4.69, 9.17) is 0 Å². The highest BCUT2D eigenvalue weighted by molar-refractivity contribution is 7.89. The molecule has 2 N–H and O–H groups in total. The number of hydrogen-bond acceptors (Lipinski definition) is 4. The summed E-state index contributed by atoms with van der Waals surface area (Å²) in [6.45, 7) is 0. The first-order valence-electron chi connectivity index (χ1n) is 9.38. The van der Waals surface area contributed by atoms with Gasteiger partial charge in [-0.25, -0.2) is 31.9 Å². The van der Waals surface area contributed by atoms with Crippen LogP contribution in [-0.2, 0) is 15.6 Å². The Morgan fingerprint density at radius 2 is 2.00 bits per heavy atom. The summed E-state index contributed by atoms with van der Waals surface area (Å²) < 4.78 is 55.8. The van der Waals surface area contributed by atoms with Crippen molar-refractivity contribution in [2.45, 2.75) is 49.1 Å². The molecule has 4 aliphatic carbocycles. The van der Waals surface area contributed by atoms with Gasteiger partial charge in [-0.3, -0.25) is 0 Å². The molecule has 7 rings (SSSR count). The second-order valence-corrected chi connectivity index (χ2v) is 10.7. The van der Waals surface area contributed by atoms with Crippen LogP contribution in [0, 0.1) is 5.92 Å². The minimum atomic E-state index is -3.56. The van der Waals surface area contributed by atoms with E-state index in [2.05, 4.69) is 24.2 Å². The third kappa shape index (κ3) is 2.24. The minimum absolute atomic E-state index is 0.133. The van der Waals surface area contributed by atoms with E-state index in [1.165, 1.54) is 0 Å². The van der Waals surface area contributed by atoms with Crippen molar-refractivity contribution in [3.63, 3.8) is 0 Å². The fraction of sp³-hybridized carbons (Fsp3) is 0.556. The number of sulfonamides is 1. The molecule has 0 aliphatic heterocycles. The fourth-order valence-electron chi connectivity index (χ4n) is 5.55. The number of fused-ring (bicyclic) bond motifs is 3. The Hall–Kier alpha value is -2.07. The first kappa shape index (κ1) is 16.8. The maximum absolute atomic E-state index is 13.0. The number of rotatable bonds is 5. The highest BCUT2D eigenvalue weighted by atomic mass is 32.2. The largest absolute Gasteiger partial charge is 0.346 e. The molecule has 148 valence electrons. The number of alkyl halides is 2. The molecule has 0 amide bonds. The summed E-state index contributed by atoms with van der Waals surface area (Å²) >= 11 is 0. The number of aromatic amines is 1. The third-order valence-electron chi connectivity index (χ3n) is 6.61. The van der Waals surface area contributed by atoms with Crippen LogP contribution in [0.2, 0.25) is 0 Å². The summed E-state index contributed by atoms with van der Waals surface area (Å²) in [5, 5.41) is 1.00. The molecular weight excluding hydrogens is 388 g/mol. The second kappa shape index (κ2) is 4.91. The van der Waals surface area contributed by atoms with E-state index in [1.54, 1.807) is 6.20 Å². The summed E-state index contributed by atoms with van der Waals surface area (Å²) in [6.07, 6.45) is 6.82. The summed E-state index contributed by atoms with van der Waals surface area (Å²) in [6, 6.07) is 1.97. The van der Waals surface area contributed by atoms with Crippen LogP contribution in [0.15, 0.2) is 24.8 Å². The average molecular weight is 407 g/mol. The van der Waals surface area contributed by atoms with Gasteiger partial charge < -0.3 is 9.55 Å². The molecule has 0 unspecified atom stereocenters. The van der Waals surface area contributed by atoms with Gasteiger partial charge in [-0.1, -0.05) is 0 Å². The van der Waals surface area contributed by atoms with E-state index in [0.717, 1.165) is 22.1 Å². The van der Waals surface area contributed by atoms with Crippen molar-refractivity contribution in [3.8, 4) is 0 Å². The molecule has 2 bridgehead atoms. The Bertz CT molecular complexity index is 1200. The topological polar surface area (TPSA) is 92.7 Å². The summed E-state index contributed by atoms with van der Waals surface area (Å²) in [5.74, 6) is -3.34. The Balaban J connectivity index is 1.21. The number of halogens is 2. The molecule has 4 aliphatic rings. The van der Waals surface area contributed by atoms with Gasteiger partial charge in [-0.05, 0) is 31.2 Å². The van der Waals surface area contributed by atoms with Gasteiger partial charge in [0.05, 0.1) is 29.3 Å². The fourth-order valence-corrected chi connectivity index (χ4v) is 7.37. The number of H-pyrrole nitrogens is 1. The molecule has 0 spiro atoms. The van der Waals surface area contributed by atoms with Crippen molar-refractivity contribution in [2.75, 3.05) is 5.75 Å². The van der Waals surface area contributed by atoms with Gasteiger partial charge in [0, 0.05) is 30.0 Å². The summed E-state index contributed by atoms with van der Waals surface area (Å²) in [7, 11) is -3.56. The zero-order chi connectivity index (χ0) is 19.4. The average Bonchev–Trinajstić information content (AvgIpc) is 3.13. The number of hydrogen-bond donors (Lipinski definition) is 2. The van der Waals surface area contributed by atoms with Gasteiger partial charge >= 0.3 is 0 Å². The molecule has 3 heterocycles. The van der Waals surface area contributed by atoms with Gasteiger partial charge in [0.25, 0.3) is 0 Å². The van der Waals surface area contributed by atoms with Crippen molar-refractivity contribution < 1.29 is 17.2 Å². The molecule has 0 saturated heterocycles. The minimum Gasteiger partial charge on any atom is -0.346 e. The predicted molar refractivity (Wildman–Crippen MR) is 98.5 cm³/mol. The van der Waals surface area contributed by atoms with Crippen LogP contribution in [0.1, 0.15) is 32.1 Å². The van der Waals surface area contributed by atoms with E-state index in [0.29, 0.717) is 19.3 Å². The van der Waals surface area contributed by atoms with Crippen LogP contribution < -0.4 is 4.72 Å². The lowest BCUT2D eigenvalue weighted by molar-refractivity contribution is -0.123. The number of nitrogens with zero attached hydrogens (tertiary/aromatic N) is 3. The highest BCUT2D eigenvalue weighted by Crippen LogP contribution is 2.66. The molecule has 28 heavy (non-hydrogen) atoms. The van der Waals surface area contributed by atoms with E-state index in [1.807, 2.05) is 18.6 Å². The zero-order valence-corrected chi connectivity index (χ0v) is 15.8. The Kier molecular flexibility index (Phi) is 2.95. The van der Waals surface area contributed by atoms with E-state index in [9.17, 15) is 17.2 Å². The number of nitrogens with one attached hydrogen (secondary N) is 2. The second-order valence-electron chi connectivity index (χ2n) is 8.90. The molecule has 10 heteroatoms. The smallest absolute Gasteiger partial charge is 0.248 e. The zero-order valence-electron chi connectivity index (χ0n) is 15.0. The Labute approximate surface area is 159 Å². The molecule has 3 aromatic rings. The first-order chi connectivity index (χ1) is 13.2. The van der Waals surface area contributed by atoms with Crippen molar-refractivity contribution in [2.24, 2.45) is 5.92 Å². The molecule has 7 nitrogen and oxygen atoms in total. The SMILES string of the molecule is O=S(=O)(CC1CC(F)(F)C1)NC12CC(n3cnc4cnc5[nH]ccc5c43)(C1)C2. The van der Waals surface area contributed by atoms with Crippen molar-refractivity contribution in [1.29, 1.82) is 0 Å². The Morgan fingerprint density at radius 1 is 1.25 bits per heavy atom. The normalized spacial score (nSPS) is 31.5. The van der Waals surface area contributed by atoms with Crippen LogP contribution in [-0.4, -0.2) is 45.2 Å². The molecule has 0 atom stereocenters. The van der Waals surface area contributed by atoms with Crippen LogP contribution in [0.25, 0.3) is 22.1 Å². The number of pyridine rings is 1. The standard InChI is InChI=1S/C18H19F2N5O2S/c19-18(20)3-11(4-18)6-28(26,27)24-16-7-17(8-16,9-16)25-10-23-13-5-22-15-12(14(13)25)1-2-21-15/h1-2,5,10-11,24H,3-4,6-9H2,(H,21,22). The molecule has 4 saturated carbocycles. The lowest BCUT2D eigenvalue weighted by Crippen LogP contribution is -2.78. The van der Waals surface area contributed by atoms with Gasteiger partial charge in [0.15, 0.2) is 0 Å². The van der Waals surface area contributed by atoms with Crippen LogP contribution in [0.5, 0.6) is 0 Å². The van der Waals surface area contributed by atoms with E-state index >= 15 is 0 Å². The first-order valence-corrected chi connectivity index (χ1v) is 11.0. The number of imidazole rings is 1. The van der Waals surface area contributed by atoms with Crippen molar-refractivity contribution >= 4 is 32.1 Å². The van der Waals surface area contributed by atoms with Crippen LogP contribution in [0.4, 0.5) is 8.78 Å². The Morgan fingerprint density at radius 3 is 2.71 bits per heavy atom. The lowest BCUT2D eigenvalue weighted by Gasteiger charge is -2.70. The highest BCUT2D eigenvalue weighted by Gasteiger charge is 2.70. The molecule has 3 aromatic heterocycles. The van der Waals surface area contributed by atoms with E-state index in [-0.39, 0.29) is 24.1 Å². The molecular formula is C18H19F2N5O2S. The molecule has 0 aromatic carbocycles. The van der Waals surface area contributed by atoms with E-state index < -0.39 is 27.4 Å². The van der Waals surface area contributed by atoms with Crippen molar-refractivity contribution in [1.82, 2.24) is 24.2 Å². The number of aromatic nitrogens is 4. The quantitative estimate of drug-likeness (QED) is 0.680. The molecule has 4 fully saturated rings. The van der Waals surface area contributed by atoms with Gasteiger partial charge in [0.2, 0.25) is 15.9 Å². The lowest BCUT2D eigenvalue weighted by atomic mass is 9.44. The van der Waals surface area contributed by atoms with Crippen LogP contribution >= 0.6 is 0 Å². The third-order valence-corrected chi connectivity index (χ3v) is 8.26. The summed E-state index contributed by atoms with van der Waals surface area (Å²) in [5.41, 5.74) is 2.06. The molecule has 0 radical (unpaired) electrons. The van der Waals surface area contributed by atoms with Crippen LogP contribution in [0.3, 0.4) is 0 Å².